The van der Waals surface area contributed by atoms with Crippen molar-refractivity contribution >= 4 is 29.3 Å². The highest BCUT2D eigenvalue weighted by Gasteiger charge is 2.23. The number of amides is 2. The maximum Gasteiger partial charge on any atom is 0.251 e. The molecule has 34 heavy (non-hydrogen) atoms. The van der Waals surface area contributed by atoms with Gasteiger partial charge >= 0.3 is 0 Å². The first-order chi connectivity index (χ1) is 16.6. The van der Waals surface area contributed by atoms with Gasteiger partial charge in [-0.15, -0.1) is 10.2 Å². The van der Waals surface area contributed by atoms with Crippen LogP contribution in [0.25, 0.3) is 0 Å². The van der Waals surface area contributed by atoms with E-state index in [9.17, 15) is 9.59 Å². The molecule has 3 aromatic rings. The number of hydrogen-bond donors (Lipinski definition) is 1. The topological polar surface area (TPSA) is 83.4 Å². The van der Waals surface area contributed by atoms with Crippen molar-refractivity contribution in [2.45, 2.75) is 31.6 Å². The number of para-hydroxylation sites is 1. The monoisotopic (exact) mass is 478 g/mol. The quantitative estimate of drug-likeness (QED) is 0.501. The van der Waals surface area contributed by atoms with Gasteiger partial charge in [0.05, 0.1) is 11.8 Å². The third-order valence-corrected chi connectivity index (χ3v) is 6.86. The lowest BCUT2D eigenvalue weighted by Gasteiger charge is -2.36. The number of hydrogen-bond acceptors (Lipinski definition) is 6. The van der Waals surface area contributed by atoms with Gasteiger partial charge in [0.2, 0.25) is 5.91 Å². The Morgan fingerprint density at radius 2 is 1.62 bits per heavy atom. The number of thioether (sulfide) groups is 1. The van der Waals surface area contributed by atoms with Gasteiger partial charge in [-0.3, -0.25) is 9.59 Å². The fourth-order valence-corrected chi connectivity index (χ4v) is 4.94. The standard InChI is InChI=1S/C25H30N6O2S/c1-3-31-23(19(2)26-24(33)20-10-6-4-7-11-20)27-28-25(31)34-18-22(32)30-16-14-29(15-17-30)21-12-8-5-9-13-21/h4-13,19H,3,14-18H2,1-2H3,(H,26,33)/t19-/m0/s1. The molecule has 0 saturated carbocycles. The van der Waals surface area contributed by atoms with Gasteiger partial charge in [-0.1, -0.05) is 48.2 Å². The number of piperazine rings is 1. The van der Waals surface area contributed by atoms with Crippen LogP contribution in [0, 0.1) is 0 Å². The number of benzene rings is 2. The van der Waals surface area contributed by atoms with E-state index in [0.717, 1.165) is 13.1 Å². The first-order valence-corrected chi connectivity index (χ1v) is 12.5. The maximum absolute atomic E-state index is 12.8. The summed E-state index contributed by atoms with van der Waals surface area (Å²) in [6, 6.07) is 19.1. The highest BCUT2D eigenvalue weighted by atomic mass is 32.2. The first-order valence-electron chi connectivity index (χ1n) is 11.6. The second-order valence-corrected chi connectivity index (χ2v) is 9.08. The molecule has 0 unspecified atom stereocenters. The number of aromatic nitrogens is 3. The van der Waals surface area contributed by atoms with Gasteiger partial charge in [0, 0.05) is 44.0 Å². The number of rotatable bonds is 8. The normalized spacial score (nSPS) is 14.6. The van der Waals surface area contributed by atoms with Gasteiger partial charge in [-0.05, 0) is 38.1 Å². The highest BCUT2D eigenvalue weighted by molar-refractivity contribution is 7.99. The van der Waals surface area contributed by atoms with E-state index in [1.165, 1.54) is 17.4 Å². The molecule has 178 valence electrons. The fraction of sp³-hybridized carbons (Fsp3) is 0.360. The molecule has 1 atom stereocenters. The van der Waals surface area contributed by atoms with Crippen LogP contribution in [0.15, 0.2) is 65.8 Å². The lowest BCUT2D eigenvalue weighted by atomic mass is 10.2. The molecule has 4 rings (SSSR count). The summed E-state index contributed by atoms with van der Waals surface area (Å²) in [5.74, 6) is 0.945. The third-order valence-electron chi connectivity index (χ3n) is 5.91. The molecule has 2 aromatic carbocycles. The Morgan fingerprint density at radius 1 is 0.971 bits per heavy atom. The van der Waals surface area contributed by atoms with Crippen molar-refractivity contribution in [1.29, 1.82) is 0 Å². The Bertz CT molecular complexity index is 1100. The minimum absolute atomic E-state index is 0.107. The van der Waals surface area contributed by atoms with Crippen LogP contribution >= 0.6 is 11.8 Å². The highest BCUT2D eigenvalue weighted by Crippen LogP contribution is 2.22. The predicted octanol–water partition coefficient (Wildman–Crippen LogP) is 3.23. The van der Waals surface area contributed by atoms with E-state index in [2.05, 4.69) is 32.5 Å². The number of nitrogens with one attached hydrogen (secondary N) is 1. The van der Waals surface area contributed by atoms with Gasteiger partial charge in [0.25, 0.3) is 5.91 Å². The van der Waals surface area contributed by atoms with Crippen LogP contribution in [0.2, 0.25) is 0 Å². The van der Waals surface area contributed by atoms with Crippen LogP contribution in [0.1, 0.15) is 36.1 Å². The summed E-state index contributed by atoms with van der Waals surface area (Å²) in [7, 11) is 0. The molecule has 1 saturated heterocycles. The fourth-order valence-electron chi connectivity index (χ4n) is 4.03. The lowest BCUT2D eigenvalue weighted by molar-refractivity contribution is -0.128. The van der Waals surface area contributed by atoms with Crippen molar-refractivity contribution in [3.05, 3.63) is 72.1 Å². The van der Waals surface area contributed by atoms with Crippen molar-refractivity contribution in [3.63, 3.8) is 0 Å². The number of carbonyl (C=O) groups is 2. The molecule has 1 aliphatic rings. The molecule has 8 nitrogen and oxygen atoms in total. The SMILES string of the molecule is CCn1c(SCC(=O)N2CCN(c3ccccc3)CC2)nnc1[C@H](C)NC(=O)c1ccccc1. The van der Waals surface area contributed by atoms with Crippen molar-refractivity contribution < 1.29 is 9.59 Å². The molecule has 0 bridgehead atoms. The minimum atomic E-state index is -0.309. The average Bonchev–Trinajstić information content (AvgIpc) is 3.31. The molecule has 9 heteroatoms. The molecule has 1 fully saturated rings. The maximum atomic E-state index is 12.8. The summed E-state index contributed by atoms with van der Waals surface area (Å²) >= 11 is 1.40. The molecular weight excluding hydrogens is 448 g/mol. The first kappa shape index (κ1) is 23.8. The van der Waals surface area contributed by atoms with Gasteiger partial charge < -0.3 is 19.7 Å². The van der Waals surface area contributed by atoms with E-state index in [1.807, 2.05) is 59.7 Å². The van der Waals surface area contributed by atoms with E-state index in [0.29, 0.717) is 41.9 Å². The van der Waals surface area contributed by atoms with Crippen molar-refractivity contribution in [3.8, 4) is 0 Å². The average molecular weight is 479 g/mol. The van der Waals surface area contributed by atoms with E-state index in [-0.39, 0.29) is 17.9 Å². The van der Waals surface area contributed by atoms with Crippen molar-refractivity contribution in [2.24, 2.45) is 0 Å². The zero-order valence-electron chi connectivity index (χ0n) is 19.6. The minimum Gasteiger partial charge on any atom is -0.368 e. The molecule has 0 aliphatic carbocycles. The number of nitrogens with zero attached hydrogens (tertiary/aromatic N) is 5. The Balaban J connectivity index is 1.31. The van der Waals surface area contributed by atoms with Crippen LogP contribution in [0.5, 0.6) is 0 Å². The summed E-state index contributed by atoms with van der Waals surface area (Å²) in [5.41, 5.74) is 1.80. The largest absolute Gasteiger partial charge is 0.368 e. The predicted molar refractivity (Wildman–Crippen MR) is 134 cm³/mol. The van der Waals surface area contributed by atoms with Gasteiger partial charge in [0.1, 0.15) is 0 Å². The molecule has 2 amide bonds. The van der Waals surface area contributed by atoms with Crippen LogP contribution < -0.4 is 10.2 Å². The molecule has 1 N–H and O–H groups in total. The van der Waals surface area contributed by atoms with E-state index in [1.54, 1.807) is 12.1 Å². The third kappa shape index (κ3) is 5.59. The van der Waals surface area contributed by atoms with Gasteiger partial charge in [0.15, 0.2) is 11.0 Å². The van der Waals surface area contributed by atoms with E-state index >= 15 is 0 Å². The Hall–Kier alpha value is -3.33. The number of carbonyl (C=O) groups excluding carboxylic acids is 2. The smallest absolute Gasteiger partial charge is 0.251 e. The second-order valence-electron chi connectivity index (χ2n) is 8.14. The Morgan fingerprint density at radius 3 is 2.26 bits per heavy atom. The molecular formula is C25H30N6O2S. The molecule has 1 aliphatic heterocycles. The van der Waals surface area contributed by atoms with Gasteiger partial charge in [-0.25, -0.2) is 0 Å². The van der Waals surface area contributed by atoms with Crippen LogP contribution in [-0.4, -0.2) is 63.4 Å². The Labute approximate surface area is 204 Å². The zero-order valence-corrected chi connectivity index (χ0v) is 20.4. The number of anilines is 1. The summed E-state index contributed by atoms with van der Waals surface area (Å²) in [4.78, 5) is 29.6. The molecule has 2 heterocycles. The summed E-state index contributed by atoms with van der Waals surface area (Å²) in [6.45, 7) is 7.63. The molecule has 1 aromatic heterocycles. The van der Waals surface area contributed by atoms with Crippen LogP contribution in [0.3, 0.4) is 0 Å². The lowest BCUT2D eigenvalue weighted by Crippen LogP contribution is -2.49. The Kier molecular flexibility index (Phi) is 7.84. The van der Waals surface area contributed by atoms with Crippen molar-refractivity contribution in [2.75, 3.05) is 36.8 Å². The summed E-state index contributed by atoms with van der Waals surface area (Å²) in [5, 5.41) is 12.3. The summed E-state index contributed by atoms with van der Waals surface area (Å²) < 4.78 is 1.96. The van der Waals surface area contributed by atoms with E-state index in [4.69, 9.17) is 0 Å². The second kappa shape index (κ2) is 11.2. The van der Waals surface area contributed by atoms with E-state index < -0.39 is 0 Å². The zero-order chi connectivity index (χ0) is 23.9. The molecule has 0 spiro atoms. The van der Waals surface area contributed by atoms with Crippen LogP contribution in [-0.2, 0) is 11.3 Å². The van der Waals surface area contributed by atoms with Crippen molar-refractivity contribution in [1.82, 2.24) is 25.0 Å². The molecule has 0 radical (unpaired) electrons. The summed E-state index contributed by atoms with van der Waals surface area (Å²) in [6.07, 6.45) is 0. The van der Waals surface area contributed by atoms with Crippen LogP contribution in [0.4, 0.5) is 5.69 Å². The van der Waals surface area contributed by atoms with Gasteiger partial charge in [-0.2, -0.15) is 0 Å².